The maximum atomic E-state index is 12.2. The number of nitrogens with zero attached hydrogens (tertiary/aromatic N) is 3. The topological polar surface area (TPSA) is 67.2 Å². The number of hydrogen-bond donors (Lipinski definition) is 1. The molecule has 2 unspecified atom stereocenters. The number of aryl methyl sites for hydroxylation is 1. The van der Waals surface area contributed by atoms with Crippen LogP contribution in [0.25, 0.3) is 10.9 Å². The van der Waals surface area contributed by atoms with Crippen molar-refractivity contribution in [1.29, 1.82) is 0 Å². The largest absolute Gasteiger partial charge is 0.273 e. The minimum atomic E-state index is -0.0813. The molecule has 0 spiro atoms. The monoisotopic (exact) mass is 364 g/mol. The van der Waals surface area contributed by atoms with Crippen LogP contribution in [-0.4, -0.2) is 22.1 Å². The Hall–Kier alpha value is -2.79. The second-order valence-electron chi connectivity index (χ2n) is 6.50. The lowest BCUT2D eigenvalue weighted by Crippen LogP contribution is -2.20. The fourth-order valence-electron chi connectivity index (χ4n) is 3.15. The van der Waals surface area contributed by atoms with Gasteiger partial charge in [0.2, 0.25) is 5.91 Å². The van der Waals surface area contributed by atoms with Gasteiger partial charge in [-0.15, -0.1) is 0 Å². The molecular weight excluding hydrogens is 348 g/mol. The van der Waals surface area contributed by atoms with Crippen molar-refractivity contribution in [3.8, 4) is 0 Å². The van der Waals surface area contributed by atoms with E-state index >= 15 is 0 Å². The molecule has 1 saturated carbocycles. The van der Waals surface area contributed by atoms with Crippen LogP contribution in [-0.2, 0) is 4.79 Å². The number of nitrogens with one attached hydrogen (secondary N) is 1. The van der Waals surface area contributed by atoms with Crippen molar-refractivity contribution in [2.45, 2.75) is 19.3 Å². The van der Waals surface area contributed by atoms with E-state index < -0.39 is 0 Å². The molecule has 2 aromatic heterocycles. The van der Waals surface area contributed by atoms with Gasteiger partial charge in [-0.3, -0.25) is 14.8 Å². The lowest BCUT2D eigenvalue weighted by atomic mass is 10.1. The summed E-state index contributed by atoms with van der Waals surface area (Å²) < 4.78 is 0. The summed E-state index contributed by atoms with van der Waals surface area (Å²) >= 11 is 5.85. The van der Waals surface area contributed by atoms with E-state index in [9.17, 15) is 4.79 Å². The highest BCUT2D eigenvalue weighted by molar-refractivity contribution is 6.30. The second-order valence-corrected chi connectivity index (χ2v) is 6.93. The summed E-state index contributed by atoms with van der Waals surface area (Å²) in [6.45, 7) is 2.01. The molecule has 3 aromatic rings. The van der Waals surface area contributed by atoms with Crippen molar-refractivity contribution in [1.82, 2.24) is 15.4 Å². The zero-order valence-electron chi connectivity index (χ0n) is 14.2. The zero-order valence-corrected chi connectivity index (χ0v) is 14.9. The average molecular weight is 365 g/mol. The fraction of sp³-hybridized carbons (Fsp3) is 0.200. The van der Waals surface area contributed by atoms with Gasteiger partial charge in [-0.1, -0.05) is 17.7 Å². The molecule has 2 atom stereocenters. The first kappa shape index (κ1) is 16.7. The van der Waals surface area contributed by atoms with Crippen LogP contribution < -0.4 is 5.43 Å². The van der Waals surface area contributed by atoms with E-state index in [-0.39, 0.29) is 17.7 Å². The van der Waals surface area contributed by atoms with Gasteiger partial charge in [0.15, 0.2) is 0 Å². The first-order chi connectivity index (χ1) is 12.6. The minimum Gasteiger partial charge on any atom is -0.273 e. The molecule has 0 bridgehead atoms. The molecule has 4 rings (SSSR count). The van der Waals surface area contributed by atoms with E-state index in [1.165, 1.54) is 0 Å². The van der Waals surface area contributed by atoms with Gasteiger partial charge in [-0.2, -0.15) is 5.10 Å². The highest BCUT2D eigenvalue weighted by atomic mass is 35.5. The number of aromatic nitrogens is 2. The summed E-state index contributed by atoms with van der Waals surface area (Å²) in [5.74, 6) is -0.0120. The molecule has 0 radical (unpaired) electrons. The predicted octanol–water partition coefficient (Wildman–Crippen LogP) is 3.85. The van der Waals surface area contributed by atoms with E-state index in [0.29, 0.717) is 5.02 Å². The van der Waals surface area contributed by atoms with Crippen LogP contribution in [0.5, 0.6) is 0 Å². The van der Waals surface area contributed by atoms with Gasteiger partial charge in [-0.05, 0) is 54.8 Å². The molecule has 1 amide bonds. The quantitative estimate of drug-likeness (QED) is 0.565. The third-order valence-corrected chi connectivity index (χ3v) is 4.79. The minimum absolute atomic E-state index is 0.0802. The van der Waals surface area contributed by atoms with E-state index in [1.54, 1.807) is 24.7 Å². The van der Waals surface area contributed by atoms with Gasteiger partial charge in [-0.25, -0.2) is 5.43 Å². The molecule has 1 aliphatic rings. The number of hydrazone groups is 1. The van der Waals surface area contributed by atoms with Crippen molar-refractivity contribution in [2.24, 2.45) is 11.0 Å². The highest BCUT2D eigenvalue weighted by Crippen LogP contribution is 2.46. The molecule has 5 nitrogen and oxygen atoms in total. The number of rotatable bonds is 4. The van der Waals surface area contributed by atoms with Crippen molar-refractivity contribution in [3.05, 3.63) is 70.6 Å². The number of carbonyl (C=O) groups excluding carboxylic acids is 1. The summed E-state index contributed by atoms with van der Waals surface area (Å²) in [7, 11) is 0. The highest BCUT2D eigenvalue weighted by Gasteiger charge is 2.44. The number of carbonyl (C=O) groups is 1. The molecule has 0 aliphatic heterocycles. The Morgan fingerprint density at radius 1 is 1.31 bits per heavy atom. The van der Waals surface area contributed by atoms with Gasteiger partial charge in [0, 0.05) is 35.3 Å². The van der Waals surface area contributed by atoms with Gasteiger partial charge in [0.25, 0.3) is 0 Å². The lowest BCUT2D eigenvalue weighted by Gasteiger charge is -2.03. The molecule has 1 aromatic carbocycles. The Morgan fingerprint density at radius 3 is 3.00 bits per heavy atom. The number of hydrogen-bond acceptors (Lipinski definition) is 4. The molecular formula is C20H17ClN4O. The first-order valence-corrected chi connectivity index (χ1v) is 8.79. The summed E-state index contributed by atoms with van der Waals surface area (Å²) in [6, 6.07) is 11.6. The summed E-state index contributed by atoms with van der Waals surface area (Å²) in [5.41, 5.74) is 6.51. The molecule has 0 saturated heterocycles. The SMILES string of the molecule is Cc1cc(/C=N\NC(=O)C2CC2c2ccc(Cl)cn2)cc2cccnc12. The first-order valence-electron chi connectivity index (χ1n) is 8.41. The van der Waals surface area contributed by atoms with Crippen LogP contribution >= 0.6 is 11.6 Å². The maximum Gasteiger partial charge on any atom is 0.243 e. The molecule has 26 heavy (non-hydrogen) atoms. The van der Waals surface area contributed by atoms with Crippen molar-refractivity contribution < 1.29 is 4.79 Å². The lowest BCUT2D eigenvalue weighted by molar-refractivity contribution is -0.122. The molecule has 2 heterocycles. The van der Waals surface area contributed by atoms with E-state index in [0.717, 1.165) is 34.1 Å². The third kappa shape index (κ3) is 3.44. The summed E-state index contributed by atoms with van der Waals surface area (Å²) in [6.07, 6.45) is 5.84. The third-order valence-electron chi connectivity index (χ3n) is 4.56. The molecule has 130 valence electrons. The zero-order chi connectivity index (χ0) is 18.1. The Labute approximate surface area is 156 Å². The van der Waals surface area contributed by atoms with Crippen LogP contribution in [0, 0.1) is 12.8 Å². The number of amides is 1. The van der Waals surface area contributed by atoms with Crippen molar-refractivity contribution >= 4 is 34.6 Å². The number of halogens is 1. The number of pyridine rings is 2. The molecule has 1 N–H and O–H groups in total. The van der Waals surface area contributed by atoms with Crippen LogP contribution in [0.15, 0.2) is 53.9 Å². The standard InChI is InChI=1S/C20H17ClN4O/c1-12-7-13(8-14-3-2-6-22-19(12)14)10-24-25-20(26)17-9-16(17)18-5-4-15(21)11-23-18/h2-8,10-11,16-17H,9H2,1H3,(H,25,26)/b24-10-. The van der Waals surface area contributed by atoms with Gasteiger partial charge in [0.1, 0.15) is 0 Å². The van der Waals surface area contributed by atoms with Gasteiger partial charge < -0.3 is 0 Å². The molecule has 1 fully saturated rings. The summed E-state index contributed by atoms with van der Waals surface area (Å²) in [5, 5.41) is 5.76. The van der Waals surface area contributed by atoms with Crippen LogP contribution in [0.4, 0.5) is 0 Å². The average Bonchev–Trinajstić information content (AvgIpc) is 3.43. The van der Waals surface area contributed by atoms with E-state index in [4.69, 9.17) is 11.6 Å². The Kier molecular flexibility index (Phi) is 4.39. The van der Waals surface area contributed by atoms with Crippen LogP contribution in [0.1, 0.15) is 29.2 Å². The number of fused-ring (bicyclic) bond motifs is 1. The van der Waals surface area contributed by atoms with Crippen LogP contribution in [0.3, 0.4) is 0 Å². The number of benzene rings is 1. The maximum absolute atomic E-state index is 12.2. The Balaban J connectivity index is 1.40. The normalized spacial score (nSPS) is 19.0. The Bertz CT molecular complexity index is 1000. The van der Waals surface area contributed by atoms with E-state index in [2.05, 4.69) is 20.5 Å². The fourth-order valence-corrected chi connectivity index (χ4v) is 3.26. The van der Waals surface area contributed by atoms with Crippen molar-refractivity contribution in [3.63, 3.8) is 0 Å². The Morgan fingerprint density at radius 2 is 2.19 bits per heavy atom. The molecule has 6 heteroatoms. The van der Waals surface area contributed by atoms with Crippen molar-refractivity contribution in [2.75, 3.05) is 0 Å². The smallest absolute Gasteiger partial charge is 0.243 e. The summed E-state index contributed by atoms with van der Waals surface area (Å²) in [4.78, 5) is 20.9. The second kappa shape index (κ2) is 6.84. The van der Waals surface area contributed by atoms with Crippen LogP contribution in [0.2, 0.25) is 5.02 Å². The van der Waals surface area contributed by atoms with Gasteiger partial charge >= 0.3 is 0 Å². The predicted molar refractivity (Wildman–Crippen MR) is 102 cm³/mol. The van der Waals surface area contributed by atoms with E-state index in [1.807, 2.05) is 37.3 Å². The van der Waals surface area contributed by atoms with Gasteiger partial charge in [0.05, 0.1) is 16.8 Å². The molecule has 1 aliphatic carbocycles.